The van der Waals surface area contributed by atoms with E-state index in [2.05, 4.69) is 10.1 Å². The number of thiophene rings is 1. The molecule has 4 rings (SSSR count). The number of carbonyl (C=O) groups excluding carboxylic acids is 1. The van der Waals surface area contributed by atoms with Crippen molar-refractivity contribution in [1.82, 2.24) is 15.0 Å². The van der Waals surface area contributed by atoms with Gasteiger partial charge in [-0.25, -0.2) is 0 Å². The molecule has 0 unspecified atom stereocenters. The molecule has 0 bridgehead atoms. The number of rotatable bonds is 3. The first-order valence-electron chi connectivity index (χ1n) is 8.55. The van der Waals surface area contributed by atoms with Crippen LogP contribution in [0.1, 0.15) is 47.9 Å². The molecule has 0 saturated carbocycles. The van der Waals surface area contributed by atoms with Gasteiger partial charge in [-0.15, -0.1) is 11.3 Å². The zero-order valence-electron chi connectivity index (χ0n) is 13.8. The zero-order valence-corrected chi connectivity index (χ0v) is 14.6. The van der Waals surface area contributed by atoms with Gasteiger partial charge >= 0.3 is 0 Å². The van der Waals surface area contributed by atoms with Gasteiger partial charge in [0.15, 0.2) is 5.76 Å². The molecule has 1 aliphatic rings. The summed E-state index contributed by atoms with van der Waals surface area (Å²) < 4.78 is 5.54. The van der Waals surface area contributed by atoms with E-state index in [4.69, 9.17) is 4.52 Å². The van der Waals surface area contributed by atoms with Crippen LogP contribution in [0.15, 0.2) is 52.5 Å². The Balaban J connectivity index is 1.64. The van der Waals surface area contributed by atoms with Gasteiger partial charge in [0.1, 0.15) is 11.4 Å². The quantitative estimate of drug-likeness (QED) is 0.693. The Morgan fingerprint density at radius 2 is 2.16 bits per heavy atom. The van der Waals surface area contributed by atoms with Crippen LogP contribution in [-0.4, -0.2) is 27.5 Å². The van der Waals surface area contributed by atoms with Crippen molar-refractivity contribution in [2.24, 2.45) is 0 Å². The van der Waals surface area contributed by atoms with Crippen LogP contribution in [0, 0.1) is 0 Å². The summed E-state index contributed by atoms with van der Waals surface area (Å²) in [6, 6.07) is 11.4. The van der Waals surface area contributed by atoms with E-state index in [0.717, 1.165) is 48.6 Å². The van der Waals surface area contributed by atoms with Gasteiger partial charge in [-0.05, 0) is 36.4 Å². The van der Waals surface area contributed by atoms with E-state index in [9.17, 15) is 4.79 Å². The highest BCUT2D eigenvalue weighted by molar-refractivity contribution is 7.13. The van der Waals surface area contributed by atoms with Crippen LogP contribution >= 0.6 is 11.3 Å². The van der Waals surface area contributed by atoms with Crippen molar-refractivity contribution >= 4 is 17.2 Å². The fraction of sp³-hybridized carbons (Fsp3) is 0.316. The monoisotopic (exact) mass is 353 g/mol. The molecule has 0 aliphatic carbocycles. The Labute approximate surface area is 150 Å². The van der Waals surface area contributed by atoms with E-state index in [1.165, 1.54) is 0 Å². The summed E-state index contributed by atoms with van der Waals surface area (Å²) in [5, 5.41) is 6.30. The average Bonchev–Trinajstić information content (AvgIpc) is 3.29. The van der Waals surface area contributed by atoms with Crippen molar-refractivity contribution in [3.8, 4) is 10.6 Å². The molecule has 3 aromatic heterocycles. The van der Waals surface area contributed by atoms with Crippen molar-refractivity contribution in [2.45, 2.75) is 31.7 Å². The molecule has 1 fully saturated rings. The minimum atomic E-state index is -0.0607. The highest BCUT2D eigenvalue weighted by Gasteiger charge is 2.30. The van der Waals surface area contributed by atoms with Gasteiger partial charge in [0.25, 0.3) is 5.91 Å². The van der Waals surface area contributed by atoms with Crippen LogP contribution < -0.4 is 0 Å². The third kappa shape index (κ3) is 3.35. The van der Waals surface area contributed by atoms with Crippen LogP contribution in [0.25, 0.3) is 10.6 Å². The molecule has 5 nitrogen and oxygen atoms in total. The van der Waals surface area contributed by atoms with Gasteiger partial charge in [-0.3, -0.25) is 9.78 Å². The van der Waals surface area contributed by atoms with Crippen LogP contribution in [0.5, 0.6) is 0 Å². The molecule has 0 spiro atoms. The number of carbonyl (C=O) groups is 1. The van der Waals surface area contributed by atoms with Crippen LogP contribution in [0.4, 0.5) is 0 Å². The molecule has 4 heterocycles. The first kappa shape index (κ1) is 16.0. The van der Waals surface area contributed by atoms with Crippen LogP contribution in [-0.2, 0) is 0 Å². The maximum absolute atomic E-state index is 13.0. The molecule has 6 heteroatoms. The lowest BCUT2D eigenvalue weighted by Crippen LogP contribution is -2.35. The maximum Gasteiger partial charge on any atom is 0.273 e. The molecule has 1 atom stereocenters. The van der Waals surface area contributed by atoms with E-state index in [1.54, 1.807) is 23.6 Å². The lowest BCUT2D eigenvalue weighted by molar-refractivity contribution is 0.0668. The molecule has 25 heavy (non-hydrogen) atoms. The number of hydrogen-bond donors (Lipinski definition) is 0. The highest BCUT2D eigenvalue weighted by atomic mass is 32.1. The number of aromatic nitrogens is 2. The van der Waals surface area contributed by atoms with Crippen molar-refractivity contribution < 1.29 is 9.32 Å². The number of nitrogens with zero attached hydrogens (tertiary/aromatic N) is 3. The Hall–Kier alpha value is -2.47. The van der Waals surface area contributed by atoms with Gasteiger partial charge in [0.05, 0.1) is 10.9 Å². The summed E-state index contributed by atoms with van der Waals surface area (Å²) >= 11 is 1.62. The second-order valence-corrected chi connectivity index (χ2v) is 7.12. The Kier molecular flexibility index (Phi) is 4.61. The molecule has 0 aromatic carbocycles. The molecule has 1 saturated heterocycles. The Bertz CT molecular complexity index is 829. The summed E-state index contributed by atoms with van der Waals surface area (Å²) in [4.78, 5) is 20.2. The van der Waals surface area contributed by atoms with E-state index >= 15 is 0 Å². The van der Waals surface area contributed by atoms with E-state index < -0.39 is 0 Å². The molecule has 1 amide bonds. The normalized spacial score (nSPS) is 18.1. The lowest BCUT2D eigenvalue weighted by Gasteiger charge is -2.28. The largest absolute Gasteiger partial charge is 0.355 e. The first-order chi connectivity index (χ1) is 12.3. The second-order valence-electron chi connectivity index (χ2n) is 6.17. The van der Waals surface area contributed by atoms with Gasteiger partial charge in [0, 0.05) is 18.8 Å². The lowest BCUT2D eigenvalue weighted by atomic mass is 10.1. The predicted octanol–water partition coefficient (Wildman–Crippen LogP) is 4.56. The summed E-state index contributed by atoms with van der Waals surface area (Å²) in [6.07, 6.45) is 5.76. The topological polar surface area (TPSA) is 59.2 Å². The SMILES string of the molecule is O=C(c1ccccn1)N1CCCCC[C@@H]1c1cc(-c2cccs2)on1. The van der Waals surface area contributed by atoms with Crippen molar-refractivity contribution in [1.29, 1.82) is 0 Å². The molecule has 128 valence electrons. The molecule has 0 N–H and O–H groups in total. The summed E-state index contributed by atoms with van der Waals surface area (Å²) in [6.45, 7) is 0.723. The number of likely N-dealkylation sites (tertiary alicyclic amines) is 1. The predicted molar refractivity (Wildman–Crippen MR) is 96.3 cm³/mol. The van der Waals surface area contributed by atoms with Gasteiger partial charge in [0.2, 0.25) is 0 Å². The van der Waals surface area contributed by atoms with Crippen molar-refractivity contribution in [3.05, 3.63) is 59.4 Å². The van der Waals surface area contributed by atoms with E-state index in [-0.39, 0.29) is 11.9 Å². The van der Waals surface area contributed by atoms with E-state index in [0.29, 0.717) is 5.69 Å². The molecular formula is C19H19N3O2S. The number of pyridine rings is 1. The minimum absolute atomic E-state index is 0.0341. The van der Waals surface area contributed by atoms with Gasteiger partial charge in [-0.1, -0.05) is 30.1 Å². The molecule has 1 aliphatic heterocycles. The smallest absolute Gasteiger partial charge is 0.273 e. The standard InChI is InChI=1S/C19H19N3O2S/c23-19(14-7-3-4-10-20-14)22-11-5-1-2-8-16(22)15-13-17(24-21-15)18-9-6-12-25-18/h3-4,6-7,9-10,12-13,16H,1-2,5,8,11H2/t16-/m1/s1. The van der Waals surface area contributed by atoms with E-state index in [1.807, 2.05) is 40.6 Å². The van der Waals surface area contributed by atoms with Crippen LogP contribution in [0.2, 0.25) is 0 Å². The maximum atomic E-state index is 13.0. The zero-order chi connectivity index (χ0) is 17.1. The number of hydrogen-bond acceptors (Lipinski definition) is 5. The third-order valence-corrected chi connectivity index (χ3v) is 5.42. The van der Waals surface area contributed by atoms with Gasteiger partial charge < -0.3 is 9.42 Å². The fourth-order valence-electron chi connectivity index (χ4n) is 3.28. The third-order valence-electron chi connectivity index (χ3n) is 4.53. The fourth-order valence-corrected chi connectivity index (χ4v) is 3.95. The highest BCUT2D eigenvalue weighted by Crippen LogP contribution is 2.33. The van der Waals surface area contributed by atoms with Crippen molar-refractivity contribution in [2.75, 3.05) is 6.54 Å². The summed E-state index contributed by atoms with van der Waals surface area (Å²) in [5.41, 5.74) is 1.31. The Morgan fingerprint density at radius 1 is 1.20 bits per heavy atom. The van der Waals surface area contributed by atoms with Crippen LogP contribution in [0.3, 0.4) is 0 Å². The average molecular weight is 353 g/mol. The first-order valence-corrected chi connectivity index (χ1v) is 9.43. The minimum Gasteiger partial charge on any atom is -0.355 e. The summed E-state index contributed by atoms with van der Waals surface area (Å²) in [5.74, 6) is 0.729. The molecule has 0 radical (unpaired) electrons. The molecular weight excluding hydrogens is 334 g/mol. The Morgan fingerprint density at radius 3 is 2.96 bits per heavy atom. The van der Waals surface area contributed by atoms with Crippen molar-refractivity contribution in [3.63, 3.8) is 0 Å². The van der Waals surface area contributed by atoms with Gasteiger partial charge in [-0.2, -0.15) is 0 Å². The number of amides is 1. The molecule has 3 aromatic rings. The second kappa shape index (κ2) is 7.19. The summed E-state index contributed by atoms with van der Waals surface area (Å²) in [7, 11) is 0.